The Bertz CT molecular complexity index is 690. The van der Waals surface area contributed by atoms with Crippen LogP contribution < -0.4 is 11.5 Å². The van der Waals surface area contributed by atoms with E-state index >= 15 is 0 Å². The monoisotopic (exact) mass is 267 g/mol. The van der Waals surface area contributed by atoms with Crippen LogP contribution in [0.3, 0.4) is 0 Å². The summed E-state index contributed by atoms with van der Waals surface area (Å²) in [6.45, 7) is 0.191. The fourth-order valence-corrected chi connectivity index (χ4v) is 2.29. The van der Waals surface area contributed by atoms with Crippen LogP contribution in [0.5, 0.6) is 0 Å². The molecule has 0 aromatic heterocycles. The van der Waals surface area contributed by atoms with Gasteiger partial charge in [-0.15, -0.1) is 0 Å². The maximum absolute atomic E-state index is 12.2. The minimum atomic E-state index is -0.277. The highest BCUT2D eigenvalue weighted by Crippen LogP contribution is 2.25. The lowest BCUT2D eigenvalue weighted by Gasteiger charge is -2.14. The third kappa shape index (κ3) is 1.80. The molecule has 20 heavy (non-hydrogen) atoms. The first-order valence-corrected chi connectivity index (χ1v) is 6.17. The predicted molar refractivity (Wildman–Crippen MR) is 75.9 cm³/mol. The molecule has 1 heterocycles. The van der Waals surface area contributed by atoms with Crippen molar-refractivity contribution < 1.29 is 9.59 Å². The number of benzene rings is 2. The van der Waals surface area contributed by atoms with E-state index in [-0.39, 0.29) is 18.4 Å². The summed E-state index contributed by atoms with van der Waals surface area (Å²) >= 11 is 0. The zero-order valence-electron chi connectivity index (χ0n) is 10.7. The summed E-state index contributed by atoms with van der Waals surface area (Å²) in [6.07, 6.45) is 0. The van der Waals surface area contributed by atoms with Crippen molar-refractivity contribution in [1.82, 2.24) is 4.90 Å². The molecular weight excluding hydrogens is 254 g/mol. The Morgan fingerprint density at radius 1 is 0.850 bits per heavy atom. The molecule has 2 aromatic carbocycles. The molecule has 0 radical (unpaired) electrons. The summed E-state index contributed by atoms with van der Waals surface area (Å²) in [4.78, 5) is 25.6. The van der Waals surface area contributed by atoms with Crippen LogP contribution in [0, 0.1) is 0 Å². The van der Waals surface area contributed by atoms with Crippen molar-refractivity contribution in [2.75, 3.05) is 11.5 Å². The predicted octanol–water partition coefficient (Wildman–Crippen LogP) is 1.65. The van der Waals surface area contributed by atoms with Crippen LogP contribution in [-0.4, -0.2) is 16.7 Å². The normalized spacial score (nSPS) is 13.7. The van der Waals surface area contributed by atoms with Gasteiger partial charge in [0.25, 0.3) is 11.8 Å². The van der Waals surface area contributed by atoms with Gasteiger partial charge in [0.15, 0.2) is 0 Å². The van der Waals surface area contributed by atoms with Crippen LogP contribution in [0.2, 0.25) is 0 Å². The number of carbonyl (C=O) groups excluding carboxylic acids is 2. The van der Waals surface area contributed by atoms with E-state index in [1.807, 2.05) is 0 Å². The average Bonchev–Trinajstić information content (AvgIpc) is 2.69. The lowest BCUT2D eigenvalue weighted by molar-refractivity contribution is 0.0642. The Balaban J connectivity index is 1.91. The third-order valence-electron chi connectivity index (χ3n) is 3.37. The first-order chi connectivity index (χ1) is 9.58. The second kappa shape index (κ2) is 4.38. The summed E-state index contributed by atoms with van der Waals surface area (Å²) in [6, 6.07) is 11.9. The number of hydrogen-bond acceptors (Lipinski definition) is 4. The quantitative estimate of drug-likeness (QED) is 0.639. The zero-order chi connectivity index (χ0) is 14.3. The summed E-state index contributed by atoms with van der Waals surface area (Å²) < 4.78 is 0. The van der Waals surface area contributed by atoms with Gasteiger partial charge < -0.3 is 11.5 Å². The van der Waals surface area contributed by atoms with E-state index in [4.69, 9.17) is 11.5 Å². The Labute approximate surface area is 115 Å². The molecule has 3 rings (SSSR count). The summed E-state index contributed by atoms with van der Waals surface area (Å²) in [5.41, 5.74) is 14.0. The SMILES string of the molecule is Nc1ccc(CN2C(=O)c3ccccc3C2=O)cc1N. The number of imide groups is 1. The Morgan fingerprint density at radius 3 is 2.00 bits per heavy atom. The molecular formula is C15H13N3O2. The van der Waals surface area contributed by atoms with Crippen LogP contribution in [-0.2, 0) is 6.54 Å². The van der Waals surface area contributed by atoms with Crippen LogP contribution >= 0.6 is 0 Å². The van der Waals surface area contributed by atoms with Crippen molar-refractivity contribution in [2.24, 2.45) is 0 Å². The van der Waals surface area contributed by atoms with Crippen molar-refractivity contribution in [3.05, 3.63) is 59.2 Å². The minimum absolute atomic E-state index is 0.191. The van der Waals surface area contributed by atoms with E-state index in [0.29, 0.717) is 22.5 Å². The second-order valence-electron chi connectivity index (χ2n) is 4.71. The first kappa shape index (κ1) is 12.2. The summed E-state index contributed by atoms with van der Waals surface area (Å²) in [7, 11) is 0. The van der Waals surface area contributed by atoms with Gasteiger partial charge in [0.2, 0.25) is 0 Å². The molecule has 0 saturated carbocycles. The Morgan fingerprint density at radius 2 is 1.45 bits per heavy atom. The van der Waals surface area contributed by atoms with Gasteiger partial charge in [0.05, 0.1) is 29.0 Å². The van der Waals surface area contributed by atoms with E-state index in [1.165, 1.54) is 4.90 Å². The van der Waals surface area contributed by atoms with Gasteiger partial charge >= 0.3 is 0 Å². The number of amides is 2. The van der Waals surface area contributed by atoms with E-state index in [9.17, 15) is 9.59 Å². The highest BCUT2D eigenvalue weighted by atomic mass is 16.2. The fourth-order valence-electron chi connectivity index (χ4n) is 2.29. The first-order valence-electron chi connectivity index (χ1n) is 6.17. The summed E-state index contributed by atoms with van der Waals surface area (Å²) in [5, 5.41) is 0. The highest BCUT2D eigenvalue weighted by Gasteiger charge is 2.34. The smallest absolute Gasteiger partial charge is 0.261 e. The number of nitrogen functional groups attached to an aromatic ring is 2. The molecule has 0 fully saturated rings. The lowest BCUT2D eigenvalue weighted by Crippen LogP contribution is -2.29. The largest absolute Gasteiger partial charge is 0.397 e. The standard InChI is InChI=1S/C15H13N3O2/c16-12-6-5-9(7-13(12)17)8-18-14(19)10-3-1-2-4-11(10)15(18)20/h1-7H,8,16-17H2. The van der Waals surface area contributed by atoms with Crippen LogP contribution in [0.4, 0.5) is 11.4 Å². The molecule has 1 aliphatic heterocycles. The lowest BCUT2D eigenvalue weighted by atomic mass is 10.1. The number of hydrogen-bond donors (Lipinski definition) is 2. The van der Waals surface area contributed by atoms with E-state index in [2.05, 4.69) is 0 Å². The molecule has 4 N–H and O–H groups in total. The van der Waals surface area contributed by atoms with Gasteiger partial charge in [0.1, 0.15) is 0 Å². The molecule has 1 aliphatic rings. The molecule has 0 aliphatic carbocycles. The van der Waals surface area contributed by atoms with E-state index in [0.717, 1.165) is 5.56 Å². The van der Waals surface area contributed by atoms with Gasteiger partial charge in [-0.1, -0.05) is 18.2 Å². The maximum Gasteiger partial charge on any atom is 0.261 e. The molecule has 100 valence electrons. The van der Waals surface area contributed by atoms with E-state index in [1.54, 1.807) is 42.5 Å². The third-order valence-corrected chi connectivity index (χ3v) is 3.37. The fraction of sp³-hybridized carbons (Fsp3) is 0.0667. The number of nitrogens with two attached hydrogens (primary N) is 2. The van der Waals surface area contributed by atoms with Gasteiger partial charge in [-0.2, -0.15) is 0 Å². The molecule has 5 heteroatoms. The van der Waals surface area contributed by atoms with Crippen molar-refractivity contribution in [1.29, 1.82) is 0 Å². The van der Waals surface area contributed by atoms with Gasteiger partial charge in [0, 0.05) is 0 Å². The number of fused-ring (bicyclic) bond motifs is 1. The zero-order valence-corrected chi connectivity index (χ0v) is 10.7. The summed E-state index contributed by atoms with van der Waals surface area (Å²) in [5.74, 6) is -0.554. The number of carbonyl (C=O) groups is 2. The number of anilines is 2. The molecule has 0 bridgehead atoms. The Hall–Kier alpha value is -2.82. The minimum Gasteiger partial charge on any atom is -0.397 e. The van der Waals surface area contributed by atoms with Crippen molar-refractivity contribution in [3.63, 3.8) is 0 Å². The van der Waals surface area contributed by atoms with Crippen LogP contribution in [0.1, 0.15) is 26.3 Å². The van der Waals surface area contributed by atoms with Crippen LogP contribution in [0.15, 0.2) is 42.5 Å². The molecule has 2 amide bonds. The van der Waals surface area contributed by atoms with E-state index < -0.39 is 0 Å². The number of nitrogens with zero attached hydrogens (tertiary/aromatic N) is 1. The van der Waals surface area contributed by atoms with Crippen LogP contribution in [0.25, 0.3) is 0 Å². The maximum atomic E-state index is 12.2. The Kier molecular flexibility index (Phi) is 2.68. The van der Waals surface area contributed by atoms with Gasteiger partial charge in [-0.25, -0.2) is 0 Å². The molecule has 0 atom stereocenters. The number of rotatable bonds is 2. The molecule has 0 unspecified atom stereocenters. The highest BCUT2D eigenvalue weighted by molar-refractivity contribution is 6.21. The second-order valence-corrected chi connectivity index (χ2v) is 4.71. The molecule has 0 saturated heterocycles. The molecule has 5 nitrogen and oxygen atoms in total. The van der Waals surface area contributed by atoms with Gasteiger partial charge in [-0.3, -0.25) is 14.5 Å². The van der Waals surface area contributed by atoms with Crippen molar-refractivity contribution in [3.8, 4) is 0 Å². The van der Waals surface area contributed by atoms with Crippen molar-refractivity contribution >= 4 is 23.2 Å². The van der Waals surface area contributed by atoms with Crippen molar-refractivity contribution in [2.45, 2.75) is 6.54 Å². The average molecular weight is 267 g/mol. The molecule has 0 spiro atoms. The topological polar surface area (TPSA) is 89.4 Å². The molecule has 2 aromatic rings. The van der Waals surface area contributed by atoms with Gasteiger partial charge in [-0.05, 0) is 29.8 Å².